The van der Waals surface area contributed by atoms with Gasteiger partial charge in [-0.2, -0.15) is 0 Å². The van der Waals surface area contributed by atoms with Crippen molar-refractivity contribution in [3.05, 3.63) is 66.2 Å². The molecule has 0 fully saturated rings. The number of hydrogen-bond acceptors (Lipinski definition) is 5. The standard InChI is InChI=1S/C16H12N3OPS2/c20-21(12-6-2-1-3-7-12,19-15-17-10-11-22-15)16-18-13-8-4-5-9-14(13)23-16/h1-11H,(H,17,19,20)/t21-/m1/s1. The maximum Gasteiger partial charge on any atom is 0.256 e. The van der Waals surface area contributed by atoms with Crippen molar-refractivity contribution in [2.45, 2.75) is 0 Å². The lowest BCUT2D eigenvalue weighted by atomic mass is 10.3. The molecule has 2 heterocycles. The number of thiazole rings is 2. The highest BCUT2D eigenvalue weighted by molar-refractivity contribution is 7.84. The number of para-hydroxylation sites is 1. The smallest absolute Gasteiger partial charge is 0.256 e. The van der Waals surface area contributed by atoms with Gasteiger partial charge in [0.25, 0.3) is 7.29 Å². The molecule has 0 spiro atoms. The zero-order valence-electron chi connectivity index (χ0n) is 11.9. The van der Waals surface area contributed by atoms with Crippen molar-refractivity contribution in [2.75, 3.05) is 5.09 Å². The number of fused-ring (bicyclic) bond motifs is 1. The highest BCUT2D eigenvalue weighted by Gasteiger charge is 2.32. The normalized spacial score (nSPS) is 13.7. The van der Waals surface area contributed by atoms with Gasteiger partial charge in [-0.25, -0.2) is 9.97 Å². The van der Waals surface area contributed by atoms with Crippen molar-refractivity contribution in [2.24, 2.45) is 0 Å². The summed E-state index contributed by atoms with van der Waals surface area (Å²) < 4.78 is 15.5. The second kappa shape index (κ2) is 5.89. The van der Waals surface area contributed by atoms with Crippen molar-refractivity contribution in [1.29, 1.82) is 0 Å². The Morgan fingerprint density at radius 1 is 1.00 bits per heavy atom. The van der Waals surface area contributed by atoms with Crippen LogP contribution in [0.25, 0.3) is 10.2 Å². The Morgan fingerprint density at radius 2 is 1.78 bits per heavy atom. The molecule has 0 bridgehead atoms. The van der Waals surface area contributed by atoms with Gasteiger partial charge in [-0.1, -0.05) is 30.3 Å². The van der Waals surface area contributed by atoms with Gasteiger partial charge in [0, 0.05) is 16.9 Å². The second-order valence-electron chi connectivity index (χ2n) is 4.86. The fraction of sp³-hybridized carbons (Fsp3) is 0. The molecule has 1 N–H and O–H groups in total. The van der Waals surface area contributed by atoms with Crippen molar-refractivity contribution < 1.29 is 4.57 Å². The van der Waals surface area contributed by atoms with Crippen LogP contribution < -0.4 is 15.1 Å². The maximum absolute atomic E-state index is 13.9. The summed E-state index contributed by atoms with van der Waals surface area (Å²) in [7, 11) is -3.08. The minimum atomic E-state index is -3.08. The van der Waals surface area contributed by atoms with Crippen molar-refractivity contribution in [3.8, 4) is 0 Å². The molecule has 1 atom stereocenters. The van der Waals surface area contributed by atoms with Gasteiger partial charge in [0.15, 0.2) is 9.88 Å². The molecule has 23 heavy (non-hydrogen) atoms. The van der Waals surface area contributed by atoms with E-state index in [-0.39, 0.29) is 0 Å². The minimum Gasteiger partial charge on any atom is -0.304 e. The van der Waals surface area contributed by atoms with Crippen molar-refractivity contribution in [1.82, 2.24) is 9.97 Å². The van der Waals surface area contributed by atoms with Crippen LogP contribution in [0.2, 0.25) is 0 Å². The van der Waals surface area contributed by atoms with Gasteiger partial charge < -0.3 is 5.09 Å². The quantitative estimate of drug-likeness (QED) is 0.559. The number of nitrogens with zero attached hydrogens (tertiary/aromatic N) is 2. The summed E-state index contributed by atoms with van der Waals surface area (Å²) >= 11 is 2.89. The van der Waals surface area contributed by atoms with Gasteiger partial charge >= 0.3 is 0 Å². The van der Waals surface area contributed by atoms with E-state index < -0.39 is 7.29 Å². The molecule has 0 amide bonds. The molecule has 0 unspecified atom stereocenters. The number of nitrogens with one attached hydrogen (secondary N) is 1. The fourth-order valence-corrected chi connectivity index (χ4v) is 6.82. The van der Waals surface area contributed by atoms with Gasteiger partial charge in [-0.3, -0.25) is 4.57 Å². The summed E-state index contributed by atoms with van der Waals surface area (Å²) in [5, 5.41) is 6.36. The molecule has 0 saturated heterocycles. The van der Waals surface area contributed by atoms with Gasteiger partial charge in [0.1, 0.15) is 0 Å². The average Bonchev–Trinajstić information content (AvgIpc) is 3.24. The van der Waals surface area contributed by atoms with Crippen LogP contribution in [-0.2, 0) is 4.57 Å². The lowest BCUT2D eigenvalue weighted by Crippen LogP contribution is -2.21. The Morgan fingerprint density at radius 3 is 2.52 bits per heavy atom. The van der Waals surface area contributed by atoms with E-state index in [1.165, 1.54) is 22.7 Å². The molecule has 114 valence electrons. The zero-order valence-corrected chi connectivity index (χ0v) is 14.4. The number of hydrogen-bond donors (Lipinski definition) is 1. The minimum absolute atomic E-state index is 0.597. The van der Waals surface area contributed by atoms with Crippen LogP contribution in [0.3, 0.4) is 0 Å². The lowest BCUT2D eigenvalue weighted by molar-refractivity contribution is 0.590. The molecule has 4 aromatic rings. The van der Waals surface area contributed by atoms with Crippen LogP contribution in [0, 0.1) is 0 Å². The molecule has 0 radical (unpaired) electrons. The largest absolute Gasteiger partial charge is 0.304 e. The molecule has 4 rings (SSSR count). The van der Waals surface area contributed by atoms with E-state index in [1.807, 2.05) is 60.0 Å². The third-order valence-electron chi connectivity index (χ3n) is 3.36. The SMILES string of the molecule is O=[P@](Nc1nccs1)(c1ccccc1)c1nc2ccccc2s1. The lowest BCUT2D eigenvalue weighted by Gasteiger charge is -2.16. The molecule has 2 aromatic carbocycles. The second-order valence-corrected chi connectivity index (χ2v) is 9.47. The van der Waals surface area contributed by atoms with E-state index >= 15 is 0 Å². The molecular weight excluding hydrogens is 345 g/mol. The van der Waals surface area contributed by atoms with Gasteiger partial charge in [-0.05, 0) is 24.3 Å². The van der Waals surface area contributed by atoms with Crippen LogP contribution in [0.5, 0.6) is 0 Å². The first-order chi connectivity index (χ1) is 11.3. The van der Waals surface area contributed by atoms with Crippen LogP contribution in [0.4, 0.5) is 5.13 Å². The van der Waals surface area contributed by atoms with E-state index in [4.69, 9.17) is 0 Å². The summed E-state index contributed by atoms with van der Waals surface area (Å²) in [5.41, 5.74) is 0.865. The third kappa shape index (κ3) is 2.70. The van der Waals surface area contributed by atoms with Crippen molar-refractivity contribution in [3.63, 3.8) is 0 Å². The number of anilines is 1. The Hall–Kier alpha value is -2.01. The summed E-state index contributed by atoms with van der Waals surface area (Å²) in [6, 6.07) is 17.3. The summed E-state index contributed by atoms with van der Waals surface area (Å²) in [5.74, 6) is 0. The van der Waals surface area contributed by atoms with Crippen molar-refractivity contribution >= 4 is 55.4 Å². The van der Waals surface area contributed by atoms with Gasteiger partial charge in [0.05, 0.1) is 10.2 Å². The molecular formula is C16H12N3OPS2. The number of aromatic nitrogens is 2. The Bertz CT molecular complexity index is 950. The maximum atomic E-state index is 13.9. The summed E-state index contributed by atoms with van der Waals surface area (Å²) in [6.45, 7) is 0. The Kier molecular flexibility index (Phi) is 3.73. The predicted molar refractivity (Wildman–Crippen MR) is 98.7 cm³/mol. The molecule has 2 aromatic heterocycles. The van der Waals surface area contributed by atoms with Crippen LogP contribution in [0.15, 0.2) is 66.2 Å². The highest BCUT2D eigenvalue weighted by Crippen LogP contribution is 2.45. The van der Waals surface area contributed by atoms with Crippen LogP contribution in [-0.4, -0.2) is 9.97 Å². The van der Waals surface area contributed by atoms with E-state index in [2.05, 4.69) is 15.1 Å². The highest BCUT2D eigenvalue weighted by atomic mass is 32.1. The van der Waals surface area contributed by atoms with E-state index in [1.54, 1.807) is 6.20 Å². The molecule has 0 aliphatic rings. The first-order valence-electron chi connectivity index (χ1n) is 6.95. The van der Waals surface area contributed by atoms with Crippen LogP contribution >= 0.6 is 30.0 Å². The topological polar surface area (TPSA) is 54.9 Å². The first kappa shape index (κ1) is 14.6. The predicted octanol–water partition coefficient (Wildman–Crippen LogP) is 4.09. The summed E-state index contributed by atoms with van der Waals surface area (Å²) in [4.78, 5) is 8.83. The Labute approximate surface area is 141 Å². The first-order valence-corrected chi connectivity index (χ1v) is 10.4. The van der Waals surface area contributed by atoms with Crippen LogP contribution in [0.1, 0.15) is 0 Å². The molecule has 7 heteroatoms. The van der Waals surface area contributed by atoms with Gasteiger partial charge in [0.2, 0.25) is 0 Å². The molecule has 0 aliphatic carbocycles. The van der Waals surface area contributed by atoms with Gasteiger partial charge in [-0.15, -0.1) is 22.7 Å². The molecule has 0 aliphatic heterocycles. The fourth-order valence-electron chi connectivity index (χ4n) is 2.27. The number of rotatable bonds is 4. The zero-order chi connectivity index (χ0) is 15.7. The number of benzene rings is 2. The van der Waals surface area contributed by atoms with E-state index in [0.717, 1.165) is 15.5 Å². The monoisotopic (exact) mass is 357 g/mol. The third-order valence-corrected chi connectivity index (χ3v) is 8.27. The molecule has 0 saturated carbocycles. The molecule has 4 nitrogen and oxygen atoms in total. The Balaban J connectivity index is 1.89. The average molecular weight is 357 g/mol. The van der Waals surface area contributed by atoms with E-state index in [9.17, 15) is 4.57 Å². The summed E-state index contributed by atoms with van der Waals surface area (Å²) in [6.07, 6.45) is 1.70. The van der Waals surface area contributed by atoms with E-state index in [0.29, 0.717) is 9.88 Å².